The Morgan fingerprint density at radius 3 is 1.83 bits per heavy atom. The van der Waals surface area contributed by atoms with Crippen LogP contribution in [0, 0.1) is 12.8 Å². The second-order valence-electron chi connectivity index (χ2n) is 7.36. The van der Waals surface area contributed by atoms with Crippen molar-refractivity contribution >= 4 is 5.91 Å². The summed E-state index contributed by atoms with van der Waals surface area (Å²) in [5.41, 5.74) is 1.61. The molecule has 24 heavy (non-hydrogen) atoms. The fraction of sp³-hybridized carbons (Fsp3) is 0.650. The van der Waals surface area contributed by atoms with Crippen molar-refractivity contribution in [3.63, 3.8) is 0 Å². The highest BCUT2D eigenvalue weighted by Crippen LogP contribution is 2.37. The van der Waals surface area contributed by atoms with E-state index in [1.165, 1.54) is 12.8 Å². The van der Waals surface area contributed by atoms with Crippen molar-refractivity contribution in [2.75, 3.05) is 14.2 Å². The topological polar surface area (TPSA) is 38.8 Å². The maximum absolute atomic E-state index is 13.3. The van der Waals surface area contributed by atoms with E-state index in [4.69, 9.17) is 9.47 Å². The Balaban J connectivity index is 1.88. The number of benzene rings is 1. The van der Waals surface area contributed by atoms with E-state index in [0.29, 0.717) is 29.1 Å². The van der Waals surface area contributed by atoms with Gasteiger partial charge in [-0.2, -0.15) is 0 Å². The van der Waals surface area contributed by atoms with Crippen LogP contribution in [0.5, 0.6) is 11.5 Å². The summed E-state index contributed by atoms with van der Waals surface area (Å²) < 4.78 is 10.9. The monoisotopic (exact) mass is 331 g/mol. The molecule has 1 aromatic carbocycles. The number of carbonyl (C=O) groups excluding carboxylic acids is 1. The zero-order chi connectivity index (χ0) is 17.3. The largest absolute Gasteiger partial charge is 0.496 e. The first-order chi connectivity index (χ1) is 11.5. The number of hydrogen-bond acceptors (Lipinski definition) is 3. The quantitative estimate of drug-likeness (QED) is 0.812. The lowest BCUT2D eigenvalue weighted by Gasteiger charge is -2.36. The summed E-state index contributed by atoms with van der Waals surface area (Å²) in [6.45, 7) is 4.27. The van der Waals surface area contributed by atoms with Gasteiger partial charge in [-0.15, -0.1) is 0 Å². The van der Waals surface area contributed by atoms with Crippen LogP contribution in [0.15, 0.2) is 12.1 Å². The molecule has 4 heteroatoms. The van der Waals surface area contributed by atoms with Gasteiger partial charge in [0, 0.05) is 23.2 Å². The first-order valence-corrected chi connectivity index (χ1v) is 9.10. The predicted molar refractivity (Wildman–Crippen MR) is 94.9 cm³/mol. The van der Waals surface area contributed by atoms with Gasteiger partial charge in [0.25, 0.3) is 5.91 Å². The van der Waals surface area contributed by atoms with Gasteiger partial charge in [0.2, 0.25) is 0 Å². The zero-order valence-corrected chi connectivity index (χ0v) is 15.3. The third kappa shape index (κ3) is 3.38. The summed E-state index contributed by atoms with van der Waals surface area (Å²) in [6, 6.07) is 4.54. The van der Waals surface area contributed by atoms with Crippen molar-refractivity contribution in [2.24, 2.45) is 5.92 Å². The summed E-state index contributed by atoms with van der Waals surface area (Å²) in [4.78, 5) is 15.4. The van der Waals surface area contributed by atoms with Crippen molar-refractivity contribution < 1.29 is 14.3 Å². The molecule has 1 amide bonds. The Kier molecular flexibility index (Phi) is 5.02. The number of nitrogens with zero attached hydrogens (tertiary/aromatic N) is 1. The van der Waals surface area contributed by atoms with Crippen molar-refractivity contribution in [3.05, 3.63) is 23.3 Å². The van der Waals surface area contributed by atoms with Crippen LogP contribution in [0.4, 0.5) is 0 Å². The van der Waals surface area contributed by atoms with Crippen LogP contribution >= 0.6 is 0 Å². The minimum Gasteiger partial charge on any atom is -0.496 e. The molecule has 1 aromatic rings. The van der Waals surface area contributed by atoms with Gasteiger partial charge in [-0.1, -0.05) is 6.92 Å². The molecule has 2 aliphatic rings. The van der Waals surface area contributed by atoms with Crippen molar-refractivity contribution in [1.29, 1.82) is 0 Å². The molecule has 0 aliphatic heterocycles. The average molecular weight is 331 g/mol. The molecule has 2 aliphatic carbocycles. The van der Waals surface area contributed by atoms with E-state index in [1.807, 2.05) is 19.1 Å². The van der Waals surface area contributed by atoms with Gasteiger partial charge in [0.15, 0.2) is 0 Å². The number of hydrogen-bond donors (Lipinski definition) is 0. The molecule has 2 saturated carbocycles. The minimum atomic E-state index is 0.133. The van der Waals surface area contributed by atoms with E-state index in [-0.39, 0.29) is 5.91 Å². The summed E-state index contributed by atoms with van der Waals surface area (Å²) >= 11 is 0. The van der Waals surface area contributed by atoms with Crippen LogP contribution in [0.2, 0.25) is 0 Å². The molecular formula is C20H29NO3. The molecule has 0 saturated heterocycles. The molecule has 0 unspecified atom stereocenters. The van der Waals surface area contributed by atoms with E-state index in [2.05, 4.69) is 11.8 Å². The SMILES string of the molecule is COc1cc(C(=O)N(C2CCC(C)CC2)C2CC2)cc(OC)c1C. The molecule has 0 heterocycles. The van der Waals surface area contributed by atoms with Gasteiger partial charge in [-0.25, -0.2) is 0 Å². The fourth-order valence-corrected chi connectivity index (χ4v) is 3.86. The minimum absolute atomic E-state index is 0.133. The van der Waals surface area contributed by atoms with Gasteiger partial charge in [-0.3, -0.25) is 4.79 Å². The number of ether oxygens (including phenoxy) is 2. The second-order valence-corrected chi connectivity index (χ2v) is 7.36. The van der Waals surface area contributed by atoms with Crippen LogP contribution in [0.1, 0.15) is 61.4 Å². The molecule has 0 spiro atoms. The van der Waals surface area contributed by atoms with Crippen molar-refractivity contribution in [3.8, 4) is 11.5 Å². The lowest BCUT2D eigenvalue weighted by Crippen LogP contribution is -2.43. The van der Waals surface area contributed by atoms with Crippen LogP contribution in [-0.4, -0.2) is 37.1 Å². The van der Waals surface area contributed by atoms with Gasteiger partial charge in [0.05, 0.1) is 14.2 Å². The van der Waals surface area contributed by atoms with E-state index in [9.17, 15) is 4.79 Å². The van der Waals surface area contributed by atoms with Crippen LogP contribution in [0.25, 0.3) is 0 Å². The number of methoxy groups -OCH3 is 2. The van der Waals surface area contributed by atoms with Gasteiger partial charge >= 0.3 is 0 Å². The van der Waals surface area contributed by atoms with E-state index < -0.39 is 0 Å². The maximum atomic E-state index is 13.3. The maximum Gasteiger partial charge on any atom is 0.254 e. The Bertz CT molecular complexity index is 576. The molecule has 0 radical (unpaired) electrons. The summed E-state index contributed by atoms with van der Waals surface area (Å²) in [6.07, 6.45) is 6.98. The van der Waals surface area contributed by atoms with Crippen LogP contribution < -0.4 is 9.47 Å². The standard InChI is InChI=1S/C20H29NO3/c1-13-5-7-16(8-6-13)21(17-9-10-17)20(22)15-11-18(23-3)14(2)19(12-15)24-4/h11-13,16-17H,5-10H2,1-4H3. The summed E-state index contributed by atoms with van der Waals surface area (Å²) in [5.74, 6) is 2.35. The van der Waals surface area contributed by atoms with Gasteiger partial charge in [0.1, 0.15) is 11.5 Å². The molecule has 4 nitrogen and oxygen atoms in total. The first kappa shape index (κ1) is 17.1. The van der Waals surface area contributed by atoms with Crippen LogP contribution in [-0.2, 0) is 0 Å². The fourth-order valence-electron chi connectivity index (χ4n) is 3.86. The highest BCUT2D eigenvalue weighted by molar-refractivity contribution is 5.96. The average Bonchev–Trinajstić information content (AvgIpc) is 3.42. The molecular weight excluding hydrogens is 302 g/mol. The Morgan fingerprint density at radius 1 is 0.958 bits per heavy atom. The molecule has 2 fully saturated rings. The van der Waals surface area contributed by atoms with E-state index in [0.717, 1.165) is 37.2 Å². The summed E-state index contributed by atoms with van der Waals surface area (Å²) in [5, 5.41) is 0. The first-order valence-electron chi connectivity index (χ1n) is 9.10. The predicted octanol–water partition coefficient (Wildman–Crippen LogP) is 4.20. The third-order valence-electron chi connectivity index (χ3n) is 5.55. The highest BCUT2D eigenvalue weighted by atomic mass is 16.5. The Morgan fingerprint density at radius 2 is 1.42 bits per heavy atom. The second kappa shape index (κ2) is 7.04. The Labute approximate surface area is 145 Å². The lowest BCUT2D eigenvalue weighted by atomic mass is 9.86. The molecule has 0 atom stereocenters. The third-order valence-corrected chi connectivity index (χ3v) is 5.55. The molecule has 0 N–H and O–H groups in total. The number of amides is 1. The van der Waals surface area contributed by atoms with Crippen molar-refractivity contribution in [2.45, 2.75) is 64.5 Å². The Hall–Kier alpha value is -1.71. The molecule has 3 rings (SSSR count). The molecule has 0 bridgehead atoms. The highest BCUT2D eigenvalue weighted by Gasteiger charge is 2.39. The number of carbonyl (C=O) groups is 1. The van der Waals surface area contributed by atoms with Gasteiger partial charge < -0.3 is 14.4 Å². The van der Waals surface area contributed by atoms with Crippen molar-refractivity contribution in [1.82, 2.24) is 4.90 Å². The number of rotatable bonds is 5. The van der Waals surface area contributed by atoms with Crippen LogP contribution in [0.3, 0.4) is 0 Å². The zero-order valence-electron chi connectivity index (χ0n) is 15.3. The van der Waals surface area contributed by atoms with E-state index in [1.54, 1.807) is 14.2 Å². The van der Waals surface area contributed by atoms with E-state index >= 15 is 0 Å². The van der Waals surface area contributed by atoms with Gasteiger partial charge in [-0.05, 0) is 63.5 Å². The smallest absolute Gasteiger partial charge is 0.254 e. The lowest BCUT2D eigenvalue weighted by molar-refractivity contribution is 0.0592. The molecule has 132 valence electrons. The summed E-state index contributed by atoms with van der Waals surface area (Å²) in [7, 11) is 3.27. The molecule has 0 aromatic heterocycles. The normalized spacial score (nSPS) is 23.7.